The SMILES string of the molecule is CCn1c(SCc2cc(F)ccc2F)nc2cc(C)[nH]c2c1=O. The molecule has 0 fully saturated rings. The van der Waals surface area contributed by atoms with Gasteiger partial charge in [-0.1, -0.05) is 11.8 Å². The highest BCUT2D eigenvalue weighted by molar-refractivity contribution is 7.98. The monoisotopic (exact) mass is 335 g/mol. The Balaban J connectivity index is 1.99. The number of nitrogens with zero attached hydrogens (tertiary/aromatic N) is 2. The van der Waals surface area contributed by atoms with Crippen LogP contribution in [0.25, 0.3) is 11.0 Å². The number of aromatic nitrogens is 3. The molecule has 1 N–H and O–H groups in total. The molecule has 0 amide bonds. The molecule has 4 nitrogen and oxygen atoms in total. The molecule has 23 heavy (non-hydrogen) atoms. The van der Waals surface area contributed by atoms with Crippen molar-refractivity contribution in [2.75, 3.05) is 0 Å². The molecular formula is C16H15F2N3OS. The van der Waals surface area contributed by atoms with Gasteiger partial charge in [-0.2, -0.15) is 0 Å². The average Bonchev–Trinajstić information content (AvgIpc) is 2.89. The van der Waals surface area contributed by atoms with Crippen LogP contribution >= 0.6 is 11.8 Å². The molecule has 2 heterocycles. The maximum Gasteiger partial charge on any atom is 0.278 e. The Kier molecular flexibility index (Phi) is 4.21. The van der Waals surface area contributed by atoms with Gasteiger partial charge < -0.3 is 4.98 Å². The molecule has 0 unspecified atom stereocenters. The van der Waals surface area contributed by atoms with Gasteiger partial charge in [0.2, 0.25) is 0 Å². The number of benzene rings is 1. The van der Waals surface area contributed by atoms with Crippen molar-refractivity contribution in [2.45, 2.75) is 31.3 Å². The van der Waals surface area contributed by atoms with E-state index in [9.17, 15) is 13.6 Å². The summed E-state index contributed by atoms with van der Waals surface area (Å²) in [6.45, 7) is 4.15. The van der Waals surface area contributed by atoms with Crippen LogP contribution in [0, 0.1) is 18.6 Å². The van der Waals surface area contributed by atoms with E-state index >= 15 is 0 Å². The third-order valence-corrected chi connectivity index (χ3v) is 4.54. The maximum atomic E-state index is 13.7. The van der Waals surface area contributed by atoms with Crippen molar-refractivity contribution in [1.29, 1.82) is 0 Å². The van der Waals surface area contributed by atoms with Gasteiger partial charge in [-0.15, -0.1) is 0 Å². The van der Waals surface area contributed by atoms with Crippen molar-refractivity contribution in [1.82, 2.24) is 14.5 Å². The lowest BCUT2D eigenvalue weighted by Crippen LogP contribution is -2.22. The first-order valence-corrected chi connectivity index (χ1v) is 8.15. The lowest BCUT2D eigenvalue weighted by Gasteiger charge is -2.10. The van der Waals surface area contributed by atoms with E-state index in [0.29, 0.717) is 22.7 Å². The Morgan fingerprint density at radius 3 is 2.83 bits per heavy atom. The number of hydrogen-bond donors (Lipinski definition) is 1. The minimum Gasteiger partial charge on any atom is -0.353 e. The lowest BCUT2D eigenvalue weighted by atomic mass is 10.2. The van der Waals surface area contributed by atoms with E-state index in [1.807, 2.05) is 13.8 Å². The van der Waals surface area contributed by atoms with E-state index in [0.717, 1.165) is 23.9 Å². The Hall–Kier alpha value is -2.15. The van der Waals surface area contributed by atoms with Crippen molar-refractivity contribution in [3.63, 3.8) is 0 Å². The maximum absolute atomic E-state index is 13.7. The van der Waals surface area contributed by atoms with E-state index in [-0.39, 0.29) is 16.9 Å². The van der Waals surface area contributed by atoms with E-state index in [1.165, 1.54) is 16.3 Å². The number of rotatable bonds is 4. The average molecular weight is 335 g/mol. The number of hydrogen-bond acceptors (Lipinski definition) is 3. The minimum atomic E-state index is -0.487. The standard InChI is InChI=1S/C16H15F2N3OS/c1-3-21-15(22)14-13(6-9(2)19-14)20-16(21)23-8-10-7-11(17)4-5-12(10)18/h4-7,19H,3,8H2,1-2H3. The molecule has 3 rings (SSSR count). The fourth-order valence-electron chi connectivity index (χ4n) is 2.40. The first-order valence-electron chi connectivity index (χ1n) is 7.16. The minimum absolute atomic E-state index is 0.159. The highest BCUT2D eigenvalue weighted by Gasteiger charge is 2.13. The van der Waals surface area contributed by atoms with Gasteiger partial charge in [-0.05, 0) is 38.1 Å². The van der Waals surface area contributed by atoms with Crippen LogP contribution in [0.5, 0.6) is 0 Å². The lowest BCUT2D eigenvalue weighted by molar-refractivity contribution is 0.591. The number of nitrogens with one attached hydrogen (secondary N) is 1. The second kappa shape index (κ2) is 6.16. The summed E-state index contributed by atoms with van der Waals surface area (Å²) in [4.78, 5) is 19.9. The zero-order valence-corrected chi connectivity index (χ0v) is 13.5. The smallest absolute Gasteiger partial charge is 0.278 e. The molecule has 0 aliphatic carbocycles. The number of H-pyrrole nitrogens is 1. The normalized spacial score (nSPS) is 11.3. The van der Waals surface area contributed by atoms with Crippen LogP contribution in [0.3, 0.4) is 0 Å². The molecule has 1 aromatic carbocycles. The third-order valence-electron chi connectivity index (χ3n) is 3.52. The summed E-state index contributed by atoms with van der Waals surface area (Å²) in [6, 6.07) is 5.14. The van der Waals surface area contributed by atoms with Gasteiger partial charge in [0, 0.05) is 23.6 Å². The summed E-state index contributed by atoms with van der Waals surface area (Å²) in [5, 5.41) is 0.493. The molecule has 0 saturated heterocycles. The molecule has 0 atom stereocenters. The predicted molar refractivity (Wildman–Crippen MR) is 86.7 cm³/mol. The molecule has 0 aliphatic rings. The number of aryl methyl sites for hydroxylation is 1. The van der Waals surface area contributed by atoms with Gasteiger partial charge in [0.25, 0.3) is 5.56 Å². The van der Waals surface area contributed by atoms with Crippen LogP contribution in [0.2, 0.25) is 0 Å². The van der Waals surface area contributed by atoms with Crippen molar-refractivity contribution in [3.8, 4) is 0 Å². The molecule has 0 spiro atoms. The Bertz CT molecular complexity index is 933. The number of fused-ring (bicyclic) bond motifs is 1. The van der Waals surface area contributed by atoms with E-state index < -0.39 is 11.6 Å². The van der Waals surface area contributed by atoms with E-state index in [2.05, 4.69) is 9.97 Å². The Morgan fingerprint density at radius 2 is 2.09 bits per heavy atom. The van der Waals surface area contributed by atoms with E-state index in [4.69, 9.17) is 0 Å². The quantitative estimate of drug-likeness (QED) is 0.585. The van der Waals surface area contributed by atoms with Crippen LogP contribution in [0.4, 0.5) is 8.78 Å². The molecule has 7 heteroatoms. The van der Waals surface area contributed by atoms with Crippen LogP contribution < -0.4 is 5.56 Å². The predicted octanol–water partition coefficient (Wildman–Crippen LogP) is 3.62. The van der Waals surface area contributed by atoms with Crippen LogP contribution in [0.15, 0.2) is 34.2 Å². The van der Waals surface area contributed by atoms with Gasteiger partial charge in [-0.3, -0.25) is 9.36 Å². The van der Waals surface area contributed by atoms with Crippen molar-refractivity contribution in [2.24, 2.45) is 0 Å². The van der Waals surface area contributed by atoms with Gasteiger partial charge in [-0.25, -0.2) is 13.8 Å². The summed E-state index contributed by atoms with van der Waals surface area (Å²) in [5.74, 6) is -0.757. The summed E-state index contributed by atoms with van der Waals surface area (Å²) in [6.07, 6.45) is 0. The fourth-order valence-corrected chi connectivity index (χ4v) is 3.43. The first kappa shape index (κ1) is 15.7. The van der Waals surface area contributed by atoms with Gasteiger partial charge >= 0.3 is 0 Å². The zero-order chi connectivity index (χ0) is 16.6. The van der Waals surface area contributed by atoms with Gasteiger partial charge in [0.15, 0.2) is 5.16 Å². The second-order valence-electron chi connectivity index (χ2n) is 5.18. The largest absolute Gasteiger partial charge is 0.353 e. The summed E-state index contributed by atoms with van der Waals surface area (Å²) < 4.78 is 28.5. The van der Waals surface area contributed by atoms with E-state index in [1.54, 1.807) is 6.07 Å². The van der Waals surface area contributed by atoms with Crippen molar-refractivity contribution >= 4 is 22.8 Å². The summed E-state index contributed by atoms with van der Waals surface area (Å²) in [5.41, 5.74) is 1.99. The number of halogens is 2. The molecule has 0 bridgehead atoms. The highest BCUT2D eigenvalue weighted by atomic mass is 32.2. The molecule has 120 valence electrons. The molecular weight excluding hydrogens is 320 g/mol. The molecule has 3 aromatic rings. The summed E-state index contributed by atoms with van der Waals surface area (Å²) >= 11 is 1.22. The molecule has 0 saturated carbocycles. The highest BCUT2D eigenvalue weighted by Crippen LogP contribution is 2.24. The van der Waals surface area contributed by atoms with Gasteiger partial charge in [0.05, 0.1) is 5.52 Å². The number of thioether (sulfide) groups is 1. The number of aromatic amines is 1. The Morgan fingerprint density at radius 1 is 1.30 bits per heavy atom. The van der Waals surface area contributed by atoms with Crippen molar-refractivity contribution in [3.05, 3.63) is 57.5 Å². The first-order chi connectivity index (χ1) is 11.0. The second-order valence-corrected chi connectivity index (χ2v) is 6.12. The molecule has 0 aliphatic heterocycles. The Labute approximate surface area is 135 Å². The summed E-state index contributed by atoms with van der Waals surface area (Å²) in [7, 11) is 0. The van der Waals surface area contributed by atoms with Crippen LogP contribution in [-0.4, -0.2) is 14.5 Å². The third kappa shape index (κ3) is 3.01. The molecule has 2 aromatic heterocycles. The zero-order valence-electron chi connectivity index (χ0n) is 12.7. The molecule has 0 radical (unpaired) electrons. The van der Waals surface area contributed by atoms with Gasteiger partial charge in [0.1, 0.15) is 17.2 Å². The van der Waals surface area contributed by atoms with Crippen LogP contribution in [0.1, 0.15) is 18.2 Å². The topological polar surface area (TPSA) is 50.7 Å². The van der Waals surface area contributed by atoms with Crippen molar-refractivity contribution < 1.29 is 8.78 Å². The van der Waals surface area contributed by atoms with Crippen LogP contribution in [-0.2, 0) is 12.3 Å². The fraction of sp³-hybridized carbons (Fsp3) is 0.250.